The number of rotatable bonds is 3. The first-order valence-electron chi connectivity index (χ1n) is 7.83. The minimum Gasteiger partial charge on any atom is -0.507 e. The van der Waals surface area contributed by atoms with Crippen LogP contribution in [0.4, 0.5) is 0 Å². The molecule has 1 aliphatic rings. The van der Waals surface area contributed by atoms with E-state index in [0.717, 1.165) is 25.2 Å². The van der Waals surface area contributed by atoms with Crippen molar-refractivity contribution in [2.24, 2.45) is 0 Å². The van der Waals surface area contributed by atoms with E-state index in [1.807, 2.05) is 30.0 Å². The van der Waals surface area contributed by atoms with Crippen molar-refractivity contribution in [1.82, 2.24) is 14.8 Å². The molecule has 0 radical (unpaired) electrons. The molecule has 0 bridgehead atoms. The number of hydrogen-bond donors (Lipinski definition) is 1. The largest absolute Gasteiger partial charge is 0.507 e. The van der Waals surface area contributed by atoms with Crippen molar-refractivity contribution in [2.45, 2.75) is 13.5 Å². The van der Waals surface area contributed by atoms with E-state index in [9.17, 15) is 9.90 Å². The molecule has 0 saturated carbocycles. The average Bonchev–Trinajstić information content (AvgIpc) is 2.56. The Labute approximate surface area is 136 Å². The molecule has 0 atom stereocenters. The van der Waals surface area contributed by atoms with Crippen LogP contribution in [0.2, 0.25) is 0 Å². The van der Waals surface area contributed by atoms with Crippen molar-refractivity contribution in [1.29, 1.82) is 0 Å². The molecule has 23 heavy (non-hydrogen) atoms. The summed E-state index contributed by atoms with van der Waals surface area (Å²) >= 11 is 0. The quantitative estimate of drug-likeness (QED) is 0.942. The maximum atomic E-state index is 12.5. The maximum Gasteiger partial charge on any atom is 0.257 e. The second kappa shape index (κ2) is 6.79. The topological polar surface area (TPSA) is 56.7 Å². The van der Waals surface area contributed by atoms with Crippen LogP contribution in [0.1, 0.15) is 21.5 Å². The summed E-state index contributed by atoms with van der Waals surface area (Å²) in [6, 6.07) is 9.22. The summed E-state index contributed by atoms with van der Waals surface area (Å²) in [6.45, 7) is 5.79. The van der Waals surface area contributed by atoms with Crippen molar-refractivity contribution in [2.75, 3.05) is 26.2 Å². The van der Waals surface area contributed by atoms with Crippen LogP contribution in [0.5, 0.6) is 5.75 Å². The van der Waals surface area contributed by atoms with Crippen LogP contribution in [0, 0.1) is 6.92 Å². The number of aromatic nitrogens is 1. The van der Waals surface area contributed by atoms with Gasteiger partial charge in [-0.15, -0.1) is 0 Å². The summed E-state index contributed by atoms with van der Waals surface area (Å²) in [5.74, 6) is -0.0275. The third kappa shape index (κ3) is 3.68. The van der Waals surface area contributed by atoms with Gasteiger partial charge in [0.15, 0.2) is 0 Å². The number of carbonyl (C=O) groups excluding carboxylic acids is 1. The van der Waals surface area contributed by atoms with Gasteiger partial charge in [-0.25, -0.2) is 0 Å². The van der Waals surface area contributed by atoms with Gasteiger partial charge in [0, 0.05) is 45.1 Å². The molecule has 0 unspecified atom stereocenters. The van der Waals surface area contributed by atoms with Crippen LogP contribution >= 0.6 is 0 Å². The van der Waals surface area contributed by atoms with Gasteiger partial charge >= 0.3 is 0 Å². The van der Waals surface area contributed by atoms with Gasteiger partial charge in [0.2, 0.25) is 0 Å². The third-order valence-electron chi connectivity index (χ3n) is 4.20. The molecule has 0 aliphatic carbocycles. The molecular formula is C18H21N3O2. The Bertz CT molecular complexity index is 680. The van der Waals surface area contributed by atoms with Crippen LogP contribution in [0.25, 0.3) is 0 Å². The molecule has 1 aromatic carbocycles. The van der Waals surface area contributed by atoms with E-state index in [1.54, 1.807) is 24.5 Å². The summed E-state index contributed by atoms with van der Waals surface area (Å²) in [4.78, 5) is 20.7. The van der Waals surface area contributed by atoms with Crippen LogP contribution in [0.15, 0.2) is 42.7 Å². The highest BCUT2D eigenvalue weighted by Crippen LogP contribution is 2.21. The Morgan fingerprint density at radius 3 is 2.48 bits per heavy atom. The number of amides is 1. The number of phenolic OH excluding ortho intramolecular Hbond substituents is 1. The lowest BCUT2D eigenvalue weighted by Gasteiger charge is -2.34. The highest BCUT2D eigenvalue weighted by molar-refractivity contribution is 5.97. The van der Waals surface area contributed by atoms with Gasteiger partial charge in [-0.1, -0.05) is 6.07 Å². The van der Waals surface area contributed by atoms with Gasteiger partial charge in [0.1, 0.15) is 5.75 Å². The number of aryl methyl sites for hydroxylation is 1. The zero-order chi connectivity index (χ0) is 16.2. The molecule has 1 aliphatic heterocycles. The van der Waals surface area contributed by atoms with Gasteiger partial charge in [-0.2, -0.15) is 0 Å². The molecule has 5 nitrogen and oxygen atoms in total. The van der Waals surface area contributed by atoms with Gasteiger partial charge in [0.25, 0.3) is 5.91 Å². The normalized spacial score (nSPS) is 15.6. The third-order valence-corrected chi connectivity index (χ3v) is 4.20. The van der Waals surface area contributed by atoms with E-state index in [2.05, 4.69) is 9.88 Å². The standard InChI is InChI=1S/C18H21N3O2/c1-14-2-3-16(17(22)12-14)18(23)21-10-8-20(9-11-21)13-15-4-6-19-7-5-15/h2-7,12,22H,8-11,13H2,1H3. The fraction of sp³-hybridized carbons (Fsp3) is 0.333. The predicted molar refractivity (Wildman–Crippen MR) is 88.3 cm³/mol. The lowest BCUT2D eigenvalue weighted by molar-refractivity contribution is 0.0625. The minimum atomic E-state index is -0.0916. The van der Waals surface area contributed by atoms with E-state index in [0.29, 0.717) is 18.7 Å². The van der Waals surface area contributed by atoms with E-state index in [4.69, 9.17) is 0 Å². The molecule has 3 rings (SSSR count). The summed E-state index contributed by atoms with van der Waals surface area (Å²) in [5.41, 5.74) is 2.57. The molecule has 2 aromatic rings. The molecule has 2 heterocycles. The van der Waals surface area contributed by atoms with Crippen molar-refractivity contribution in [3.05, 3.63) is 59.4 Å². The number of aromatic hydroxyl groups is 1. The van der Waals surface area contributed by atoms with Crippen LogP contribution < -0.4 is 0 Å². The first-order chi connectivity index (χ1) is 11.1. The smallest absolute Gasteiger partial charge is 0.257 e. The van der Waals surface area contributed by atoms with Gasteiger partial charge in [-0.05, 0) is 42.3 Å². The van der Waals surface area contributed by atoms with Crippen LogP contribution in [-0.4, -0.2) is 52.0 Å². The molecular weight excluding hydrogens is 290 g/mol. The Kier molecular flexibility index (Phi) is 4.57. The number of piperazine rings is 1. The Morgan fingerprint density at radius 1 is 1.13 bits per heavy atom. The summed E-state index contributed by atoms with van der Waals surface area (Å²) < 4.78 is 0. The van der Waals surface area contributed by atoms with Crippen molar-refractivity contribution in [3.8, 4) is 5.75 Å². The second-order valence-electron chi connectivity index (χ2n) is 5.94. The zero-order valence-corrected chi connectivity index (χ0v) is 13.3. The minimum absolute atomic E-state index is 0.0641. The first kappa shape index (κ1) is 15.5. The molecule has 5 heteroatoms. The first-order valence-corrected chi connectivity index (χ1v) is 7.83. The number of nitrogens with zero attached hydrogens (tertiary/aromatic N) is 3. The second-order valence-corrected chi connectivity index (χ2v) is 5.94. The summed E-state index contributed by atoms with van der Waals surface area (Å²) in [5, 5.41) is 9.98. The molecule has 1 aromatic heterocycles. The highest BCUT2D eigenvalue weighted by Gasteiger charge is 2.23. The Balaban J connectivity index is 1.59. The molecule has 0 spiro atoms. The lowest BCUT2D eigenvalue weighted by Crippen LogP contribution is -2.48. The average molecular weight is 311 g/mol. The Morgan fingerprint density at radius 2 is 1.83 bits per heavy atom. The number of carbonyl (C=O) groups is 1. The highest BCUT2D eigenvalue weighted by atomic mass is 16.3. The van der Waals surface area contributed by atoms with Gasteiger partial charge in [0.05, 0.1) is 5.56 Å². The van der Waals surface area contributed by atoms with E-state index >= 15 is 0 Å². The number of phenols is 1. The maximum absolute atomic E-state index is 12.5. The van der Waals surface area contributed by atoms with Gasteiger partial charge < -0.3 is 10.0 Å². The SMILES string of the molecule is Cc1ccc(C(=O)N2CCN(Cc3ccncc3)CC2)c(O)c1. The Hall–Kier alpha value is -2.40. The van der Waals surface area contributed by atoms with Gasteiger partial charge in [-0.3, -0.25) is 14.7 Å². The molecule has 120 valence electrons. The van der Waals surface area contributed by atoms with Crippen LogP contribution in [0.3, 0.4) is 0 Å². The van der Waals surface area contributed by atoms with Crippen molar-refractivity contribution in [3.63, 3.8) is 0 Å². The zero-order valence-electron chi connectivity index (χ0n) is 13.3. The predicted octanol–water partition coefficient (Wildman–Crippen LogP) is 2.05. The fourth-order valence-corrected chi connectivity index (χ4v) is 2.85. The fourth-order valence-electron chi connectivity index (χ4n) is 2.85. The van der Waals surface area contributed by atoms with Crippen LogP contribution in [-0.2, 0) is 6.54 Å². The van der Waals surface area contributed by atoms with E-state index in [-0.39, 0.29) is 11.7 Å². The molecule has 1 fully saturated rings. The lowest BCUT2D eigenvalue weighted by atomic mass is 10.1. The van der Waals surface area contributed by atoms with E-state index < -0.39 is 0 Å². The molecule has 1 amide bonds. The van der Waals surface area contributed by atoms with Crippen molar-refractivity contribution >= 4 is 5.91 Å². The monoisotopic (exact) mass is 311 g/mol. The number of benzene rings is 1. The number of hydrogen-bond acceptors (Lipinski definition) is 4. The molecule has 1 N–H and O–H groups in total. The molecule has 1 saturated heterocycles. The van der Waals surface area contributed by atoms with E-state index in [1.165, 1.54) is 5.56 Å². The summed E-state index contributed by atoms with van der Waals surface area (Å²) in [6.07, 6.45) is 3.60. The summed E-state index contributed by atoms with van der Waals surface area (Å²) in [7, 11) is 0. The van der Waals surface area contributed by atoms with Crippen molar-refractivity contribution < 1.29 is 9.90 Å². The number of pyridine rings is 1.